The van der Waals surface area contributed by atoms with Crippen molar-refractivity contribution >= 4 is 0 Å². The van der Waals surface area contributed by atoms with Gasteiger partial charge in [0, 0.05) is 0 Å². The molecule has 2 heteroatoms. The Kier molecular flexibility index (Phi) is 3.77. The second-order valence-electron chi connectivity index (χ2n) is 3.05. The molecule has 0 fully saturated rings. The van der Waals surface area contributed by atoms with Crippen LogP contribution in [-0.2, 0) is 6.61 Å². The van der Waals surface area contributed by atoms with Crippen molar-refractivity contribution in [3.8, 4) is 5.75 Å². The summed E-state index contributed by atoms with van der Waals surface area (Å²) in [7, 11) is 0. The molecule has 0 amide bonds. The molecule has 1 aromatic rings. The lowest BCUT2D eigenvalue weighted by Gasteiger charge is -2.10. The Balaban J connectivity index is 2.81. The van der Waals surface area contributed by atoms with Crippen LogP contribution in [0.15, 0.2) is 18.2 Å². The SMILES string of the molecule is CCCOc1cccc(CO)c1C. The highest BCUT2D eigenvalue weighted by Gasteiger charge is 2.02. The third-order valence-electron chi connectivity index (χ3n) is 2.03. The van der Waals surface area contributed by atoms with E-state index in [0.717, 1.165) is 29.9 Å². The van der Waals surface area contributed by atoms with Crippen molar-refractivity contribution in [3.05, 3.63) is 29.3 Å². The van der Waals surface area contributed by atoms with Gasteiger partial charge in [0.2, 0.25) is 0 Å². The van der Waals surface area contributed by atoms with Crippen LogP contribution < -0.4 is 4.74 Å². The monoisotopic (exact) mass is 180 g/mol. The molecule has 0 aliphatic carbocycles. The van der Waals surface area contributed by atoms with Gasteiger partial charge in [-0.2, -0.15) is 0 Å². The minimum absolute atomic E-state index is 0.0785. The minimum atomic E-state index is 0.0785. The fourth-order valence-electron chi connectivity index (χ4n) is 1.20. The van der Waals surface area contributed by atoms with Crippen LogP contribution in [0.4, 0.5) is 0 Å². The molecule has 0 aromatic heterocycles. The number of benzene rings is 1. The van der Waals surface area contributed by atoms with E-state index in [4.69, 9.17) is 9.84 Å². The van der Waals surface area contributed by atoms with Crippen LogP contribution in [0.2, 0.25) is 0 Å². The first kappa shape index (κ1) is 10.1. The third-order valence-corrected chi connectivity index (χ3v) is 2.03. The molecular formula is C11H16O2. The number of ether oxygens (including phenoxy) is 1. The van der Waals surface area contributed by atoms with Gasteiger partial charge < -0.3 is 9.84 Å². The predicted molar refractivity (Wildman–Crippen MR) is 52.9 cm³/mol. The highest BCUT2D eigenvalue weighted by Crippen LogP contribution is 2.21. The molecule has 0 atom stereocenters. The van der Waals surface area contributed by atoms with Crippen LogP contribution in [-0.4, -0.2) is 11.7 Å². The van der Waals surface area contributed by atoms with Gasteiger partial charge >= 0.3 is 0 Å². The van der Waals surface area contributed by atoms with Crippen LogP contribution in [0.5, 0.6) is 5.75 Å². The highest BCUT2D eigenvalue weighted by atomic mass is 16.5. The maximum Gasteiger partial charge on any atom is 0.122 e. The lowest BCUT2D eigenvalue weighted by molar-refractivity contribution is 0.277. The van der Waals surface area contributed by atoms with Crippen molar-refractivity contribution in [2.75, 3.05) is 6.61 Å². The topological polar surface area (TPSA) is 29.5 Å². The Bertz CT molecular complexity index is 269. The first-order valence-corrected chi connectivity index (χ1v) is 4.61. The van der Waals surface area contributed by atoms with E-state index in [-0.39, 0.29) is 6.61 Å². The standard InChI is InChI=1S/C11H16O2/c1-3-7-13-11-6-4-5-10(8-12)9(11)2/h4-6,12H,3,7-8H2,1-2H3. The normalized spacial score (nSPS) is 10.1. The predicted octanol–water partition coefficient (Wildman–Crippen LogP) is 2.28. The van der Waals surface area contributed by atoms with Crippen molar-refractivity contribution < 1.29 is 9.84 Å². The van der Waals surface area contributed by atoms with Gasteiger partial charge in [-0.15, -0.1) is 0 Å². The van der Waals surface area contributed by atoms with Gasteiger partial charge in [0.25, 0.3) is 0 Å². The van der Waals surface area contributed by atoms with Gasteiger partial charge in [0.05, 0.1) is 13.2 Å². The first-order chi connectivity index (χ1) is 6.29. The molecule has 0 aliphatic heterocycles. The molecule has 1 rings (SSSR count). The molecule has 1 N–H and O–H groups in total. The Morgan fingerprint density at radius 3 is 2.77 bits per heavy atom. The van der Waals surface area contributed by atoms with Crippen LogP contribution in [0.1, 0.15) is 24.5 Å². The smallest absolute Gasteiger partial charge is 0.122 e. The molecule has 0 unspecified atom stereocenters. The van der Waals surface area contributed by atoms with E-state index in [1.165, 1.54) is 0 Å². The third kappa shape index (κ3) is 2.46. The van der Waals surface area contributed by atoms with Crippen molar-refractivity contribution in [1.29, 1.82) is 0 Å². The molecule has 0 heterocycles. The summed E-state index contributed by atoms with van der Waals surface area (Å²) in [4.78, 5) is 0. The number of hydrogen-bond donors (Lipinski definition) is 1. The Labute approximate surface area is 79.2 Å². The minimum Gasteiger partial charge on any atom is -0.493 e. The molecule has 0 spiro atoms. The maximum atomic E-state index is 9.01. The fourth-order valence-corrected chi connectivity index (χ4v) is 1.20. The molecular weight excluding hydrogens is 164 g/mol. The second kappa shape index (κ2) is 4.87. The first-order valence-electron chi connectivity index (χ1n) is 4.61. The van der Waals surface area contributed by atoms with Gasteiger partial charge in [-0.25, -0.2) is 0 Å². The van der Waals surface area contributed by atoms with Gasteiger partial charge in [-0.1, -0.05) is 19.1 Å². The van der Waals surface area contributed by atoms with E-state index in [1.54, 1.807) is 0 Å². The number of rotatable bonds is 4. The molecule has 0 radical (unpaired) electrons. The molecule has 2 nitrogen and oxygen atoms in total. The largest absolute Gasteiger partial charge is 0.493 e. The van der Waals surface area contributed by atoms with Crippen LogP contribution in [0.3, 0.4) is 0 Å². The summed E-state index contributed by atoms with van der Waals surface area (Å²) >= 11 is 0. The summed E-state index contributed by atoms with van der Waals surface area (Å²) in [6.07, 6.45) is 1.00. The Hall–Kier alpha value is -1.02. The highest BCUT2D eigenvalue weighted by molar-refractivity contribution is 5.38. The fraction of sp³-hybridized carbons (Fsp3) is 0.455. The zero-order valence-electron chi connectivity index (χ0n) is 8.21. The van der Waals surface area contributed by atoms with Gasteiger partial charge in [0.1, 0.15) is 5.75 Å². The molecule has 13 heavy (non-hydrogen) atoms. The van der Waals surface area contributed by atoms with E-state index < -0.39 is 0 Å². The van der Waals surface area contributed by atoms with Crippen molar-refractivity contribution in [2.24, 2.45) is 0 Å². The molecule has 0 bridgehead atoms. The van der Waals surface area contributed by atoms with Crippen molar-refractivity contribution in [3.63, 3.8) is 0 Å². The molecule has 1 aromatic carbocycles. The quantitative estimate of drug-likeness (QED) is 0.770. The van der Waals surface area contributed by atoms with E-state index in [1.807, 2.05) is 25.1 Å². The van der Waals surface area contributed by atoms with E-state index in [9.17, 15) is 0 Å². The molecule has 72 valence electrons. The van der Waals surface area contributed by atoms with Gasteiger partial charge in [-0.05, 0) is 30.5 Å². The summed E-state index contributed by atoms with van der Waals surface area (Å²) in [6, 6.07) is 5.75. The van der Waals surface area contributed by atoms with Crippen LogP contribution in [0, 0.1) is 6.92 Å². The summed E-state index contributed by atoms with van der Waals surface area (Å²) in [5.74, 6) is 0.883. The lowest BCUT2D eigenvalue weighted by Crippen LogP contribution is -1.99. The number of aliphatic hydroxyl groups is 1. The number of aliphatic hydroxyl groups excluding tert-OH is 1. The Morgan fingerprint density at radius 1 is 1.38 bits per heavy atom. The molecule has 0 saturated heterocycles. The zero-order chi connectivity index (χ0) is 9.68. The molecule has 0 saturated carbocycles. The number of hydrogen-bond acceptors (Lipinski definition) is 2. The van der Waals surface area contributed by atoms with Crippen LogP contribution >= 0.6 is 0 Å². The molecule has 0 aliphatic rings. The van der Waals surface area contributed by atoms with Crippen molar-refractivity contribution in [1.82, 2.24) is 0 Å². The maximum absolute atomic E-state index is 9.01. The van der Waals surface area contributed by atoms with E-state index in [0.29, 0.717) is 0 Å². The van der Waals surface area contributed by atoms with Gasteiger partial charge in [0.15, 0.2) is 0 Å². The van der Waals surface area contributed by atoms with E-state index >= 15 is 0 Å². The average Bonchev–Trinajstić information content (AvgIpc) is 2.16. The van der Waals surface area contributed by atoms with Crippen molar-refractivity contribution in [2.45, 2.75) is 26.9 Å². The average molecular weight is 180 g/mol. The summed E-state index contributed by atoms with van der Waals surface area (Å²) in [5.41, 5.74) is 1.98. The Morgan fingerprint density at radius 2 is 2.15 bits per heavy atom. The summed E-state index contributed by atoms with van der Waals surface area (Å²) in [6.45, 7) is 4.85. The lowest BCUT2D eigenvalue weighted by atomic mass is 10.1. The van der Waals surface area contributed by atoms with E-state index in [2.05, 4.69) is 6.92 Å². The summed E-state index contributed by atoms with van der Waals surface area (Å²) in [5, 5.41) is 9.01. The second-order valence-corrected chi connectivity index (χ2v) is 3.05. The summed E-state index contributed by atoms with van der Waals surface area (Å²) < 4.78 is 5.52. The van der Waals surface area contributed by atoms with Gasteiger partial charge in [-0.3, -0.25) is 0 Å². The van der Waals surface area contributed by atoms with Crippen LogP contribution in [0.25, 0.3) is 0 Å². The zero-order valence-corrected chi connectivity index (χ0v) is 8.21.